The van der Waals surface area contributed by atoms with Crippen LogP contribution >= 0.6 is 24.8 Å². The second-order valence-corrected chi connectivity index (χ2v) is 0.500. The van der Waals surface area contributed by atoms with Crippen LogP contribution in [0.1, 0.15) is 0 Å². The van der Waals surface area contributed by atoms with Crippen molar-refractivity contribution in [2.75, 3.05) is 14.1 Å². The highest BCUT2D eigenvalue weighted by Crippen LogP contribution is 0.981. The molecule has 0 unspecified atom stereocenters. The molecule has 0 saturated heterocycles. The number of nitrogens with one attached hydrogen (secondary N) is 1. The second-order valence-electron chi connectivity index (χ2n) is 0.500. The van der Waals surface area contributed by atoms with Crippen molar-refractivity contribution < 1.29 is 0 Å². The van der Waals surface area contributed by atoms with Crippen molar-refractivity contribution in [2.45, 2.75) is 0 Å². The van der Waals surface area contributed by atoms with Gasteiger partial charge in [-0.15, -0.1) is 24.8 Å². The molecule has 0 fully saturated rings. The fourth-order valence-corrected chi connectivity index (χ4v) is 0. The van der Waals surface area contributed by atoms with Crippen LogP contribution in [0, 0.1) is 0 Å². The smallest absolute Gasteiger partial charge is 0.0167 e. The van der Waals surface area contributed by atoms with Gasteiger partial charge in [0.2, 0.25) is 0 Å². The van der Waals surface area contributed by atoms with Gasteiger partial charge in [-0.1, -0.05) is 0 Å². The molecule has 4 heteroatoms. The average molecular weight is 135 g/mol. The van der Waals surface area contributed by atoms with Crippen molar-refractivity contribution in [3.63, 3.8) is 0 Å². The van der Waals surface area contributed by atoms with Gasteiger partial charge in [-0.25, -0.2) is 0 Å². The molecular formula is C2H12Cl2N2. The highest BCUT2D eigenvalue weighted by Gasteiger charge is 1.25. The Kier molecular flexibility index (Phi) is 260. The molecule has 0 saturated carbocycles. The standard InChI is InChI=1S/C2H7N.2ClH.H3N/c1-3-2;;;/h3H,1-2H3;2*1H;1H3. The molecule has 0 aromatic carbocycles. The Morgan fingerprint density at radius 3 is 1.00 bits per heavy atom. The Morgan fingerprint density at radius 1 is 1.00 bits per heavy atom. The predicted molar refractivity (Wildman–Crippen MR) is 34.5 cm³/mol. The third-order valence-corrected chi connectivity index (χ3v) is 0. The Morgan fingerprint density at radius 2 is 1.00 bits per heavy atom. The van der Waals surface area contributed by atoms with Crippen LogP contribution in [0.5, 0.6) is 0 Å². The van der Waals surface area contributed by atoms with E-state index in [1.807, 2.05) is 14.1 Å². The van der Waals surface area contributed by atoms with Gasteiger partial charge in [0, 0.05) is 0 Å². The second kappa shape index (κ2) is 49.5. The van der Waals surface area contributed by atoms with Crippen LogP contribution in [0.15, 0.2) is 0 Å². The van der Waals surface area contributed by atoms with Crippen LogP contribution < -0.4 is 11.5 Å². The summed E-state index contributed by atoms with van der Waals surface area (Å²) in [7, 11) is 3.75. The number of hydrogen-bond donors (Lipinski definition) is 2. The molecule has 0 aromatic rings. The third-order valence-electron chi connectivity index (χ3n) is 0. The predicted octanol–water partition coefficient (Wildman–Crippen LogP) is 0.841. The summed E-state index contributed by atoms with van der Waals surface area (Å²) in [6.07, 6.45) is 0. The topological polar surface area (TPSA) is 47.0 Å². The molecule has 0 atom stereocenters. The molecule has 0 aromatic heterocycles. The van der Waals surface area contributed by atoms with Crippen LogP contribution in [0.25, 0.3) is 0 Å². The molecule has 4 N–H and O–H groups in total. The molecule has 0 heterocycles. The summed E-state index contributed by atoms with van der Waals surface area (Å²) >= 11 is 0. The minimum Gasteiger partial charge on any atom is -0.344 e. The van der Waals surface area contributed by atoms with Gasteiger partial charge < -0.3 is 11.5 Å². The third kappa shape index (κ3) is 221. The molecular weight excluding hydrogens is 123 g/mol. The lowest BCUT2D eigenvalue weighted by molar-refractivity contribution is 1.02. The van der Waals surface area contributed by atoms with Crippen molar-refractivity contribution in [2.24, 2.45) is 0 Å². The number of rotatable bonds is 0. The van der Waals surface area contributed by atoms with E-state index in [4.69, 9.17) is 0 Å². The monoisotopic (exact) mass is 134 g/mol. The molecule has 2 nitrogen and oxygen atoms in total. The maximum absolute atomic E-state index is 2.75. The fraction of sp³-hybridized carbons (Fsp3) is 1.00. The summed E-state index contributed by atoms with van der Waals surface area (Å²) in [5.74, 6) is 0. The first-order valence-electron chi connectivity index (χ1n) is 1.00. The van der Waals surface area contributed by atoms with Crippen molar-refractivity contribution in [3.05, 3.63) is 0 Å². The number of halogens is 2. The van der Waals surface area contributed by atoms with Crippen LogP contribution in [0.3, 0.4) is 0 Å². The fourth-order valence-electron chi connectivity index (χ4n) is 0. The van der Waals surface area contributed by atoms with Crippen LogP contribution in [-0.2, 0) is 0 Å². The van der Waals surface area contributed by atoms with Crippen LogP contribution in [-0.4, -0.2) is 14.1 Å². The lowest BCUT2D eigenvalue weighted by Crippen LogP contribution is -1.89. The molecule has 0 aliphatic carbocycles. The van der Waals surface area contributed by atoms with E-state index in [1.54, 1.807) is 0 Å². The molecule has 0 radical (unpaired) electrons. The van der Waals surface area contributed by atoms with E-state index < -0.39 is 0 Å². The van der Waals surface area contributed by atoms with E-state index in [0.717, 1.165) is 0 Å². The Bertz CT molecular complexity index is 9.51. The quantitative estimate of drug-likeness (QED) is 0.517. The highest BCUT2D eigenvalue weighted by atomic mass is 35.5. The summed E-state index contributed by atoms with van der Waals surface area (Å²) in [6.45, 7) is 0. The minimum absolute atomic E-state index is 0. The van der Waals surface area contributed by atoms with Crippen LogP contribution in [0.4, 0.5) is 0 Å². The van der Waals surface area contributed by atoms with E-state index in [1.165, 1.54) is 0 Å². The molecule has 0 bridgehead atoms. The summed E-state index contributed by atoms with van der Waals surface area (Å²) in [4.78, 5) is 0. The van der Waals surface area contributed by atoms with Gasteiger partial charge in [0.15, 0.2) is 0 Å². The normalized spacial score (nSPS) is 3.00. The lowest BCUT2D eigenvalue weighted by atomic mass is 11.3. The van der Waals surface area contributed by atoms with Gasteiger partial charge in [0.1, 0.15) is 0 Å². The van der Waals surface area contributed by atoms with E-state index in [9.17, 15) is 0 Å². The maximum Gasteiger partial charge on any atom is -0.0167 e. The molecule has 0 spiro atoms. The average Bonchev–Trinajstić information content (AvgIpc) is 0.918. The summed E-state index contributed by atoms with van der Waals surface area (Å²) in [5.41, 5.74) is 0. The van der Waals surface area contributed by atoms with Crippen molar-refractivity contribution >= 4 is 24.8 Å². The first-order chi connectivity index (χ1) is 1.41. The van der Waals surface area contributed by atoms with Crippen molar-refractivity contribution in [3.8, 4) is 0 Å². The first kappa shape index (κ1) is 31.5. The molecule has 0 aliphatic rings. The van der Waals surface area contributed by atoms with Crippen molar-refractivity contribution in [1.29, 1.82) is 0 Å². The largest absolute Gasteiger partial charge is 0.344 e. The van der Waals surface area contributed by atoms with E-state index in [-0.39, 0.29) is 31.0 Å². The SMILES string of the molecule is CNC.Cl.Cl.N. The molecule has 0 amide bonds. The Balaban J connectivity index is -0.00000000667. The van der Waals surface area contributed by atoms with E-state index in [0.29, 0.717) is 0 Å². The minimum atomic E-state index is 0. The summed E-state index contributed by atoms with van der Waals surface area (Å²) < 4.78 is 0. The molecule has 0 aliphatic heterocycles. The van der Waals surface area contributed by atoms with Gasteiger partial charge >= 0.3 is 0 Å². The van der Waals surface area contributed by atoms with Gasteiger partial charge in [-0.05, 0) is 14.1 Å². The van der Waals surface area contributed by atoms with Gasteiger partial charge in [-0.3, -0.25) is 0 Å². The van der Waals surface area contributed by atoms with E-state index in [2.05, 4.69) is 5.32 Å². The van der Waals surface area contributed by atoms with Crippen LogP contribution in [0.2, 0.25) is 0 Å². The van der Waals surface area contributed by atoms with Gasteiger partial charge in [0.05, 0.1) is 0 Å². The van der Waals surface area contributed by atoms with E-state index >= 15 is 0 Å². The molecule has 0 rings (SSSR count). The van der Waals surface area contributed by atoms with Crippen molar-refractivity contribution in [1.82, 2.24) is 11.5 Å². The zero-order chi connectivity index (χ0) is 2.71. The zero-order valence-electron chi connectivity index (χ0n) is 4.02. The molecule has 6 heavy (non-hydrogen) atoms. The first-order valence-corrected chi connectivity index (χ1v) is 1.00. The molecule has 44 valence electrons. The Labute approximate surface area is 51.1 Å². The summed E-state index contributed by atoms with van der Waals surface area (Å²) in [6, 6.07) is 0. The highest BCUT2D eigenvalue weighted by molar-refractivity contribution is 5.85. The maximum atomic E-state index is 2.75. The number of hydrogen-bond acceptors (Lipinski definition) is 2. The van der Waals surface area contributed by atoms with Gasteiger partial charge in [-0.2, -0.15) is 0 Å². The summed E-state index contributed by atoms with van der Waals surface area (Å²) in [5, 5.41) is 2.75. The Hall–Kier alpha value is 0.500. The lowest BCUT2D eigenvalue weighted by Gasteiger charge is -1.59. The van der Waals surface area contributed by atoms with Gasteiger partial charge in [0.25, 0.3) is 0 Å². The zero-order valence-corrected chi connectivity index (χ0v) is 5.66.